The van der Waals surface area contributed by atoms with Crippen LogP contribution in [0.25, 0.3) is 0 Å². The fourth-order valence-electron chi connectivity index (χ4n) is 3.53. The molecule has 0 spiro atoms. The van der Waals surface area contributed by atoms with Gasteiger partial charge in [0.15, 0.2) is 22.9 Å². The second kappa shape index (κ2) is 11.3. The van der Waals surface area contributed by atoms with Gasteiger partial charge < -0.3 is 18.3 Å². The molecule has 0 saturated carbocycles. The number of nitrogens with zero attached hydrogens (tertiary/aromatic N) is 2. The first-order chi connectivity index (χ1) is 17.8. The molecule has 0 radical (unpaired) electrons. The first-order valence-corrected chi connectivity index (χ1v) is 19.4. The molecule has 2 heterocycles. The molecule has 1 aromatic rings. The first-order valence-electron chi connectivity index (χ1n) is 13.6. The van der Waals surface area contributed by atoms with E-state index in [1.807, 2.05) is 33.9 Å². The Balaban J connectivity index is 2.49. The topological polar surface area (TPSA) is 101 Å². The van der Waals surface area contributed by atoms with Crippen molar-refractivity contribution in [3.05, 3.63) is 22.7 Å². The van der Waals surface area contributed by atoms with Gasteiger partial charge in [0.05, 0.1) is 6.61 Å². The number of terminal acetylenes is 1. The highest BCUT2D eigenvalue weighted by atomic mass is 28.4. The number of nitrogens with one attached hydrogen (secondary N) is 1. The lowest BCUT2D eigenvalue weighted by Gasteiger charge is -2.42. The van der Waals surface area contributed by atoms with Gasteiger partial charge in [-0.05, 0) is 63.1 Å². The highest BCUT2D eigenvalue weighted by Crippen LogP contribution is 2.47. The largest absolute Gasteiger partial charge is 0.444 e. The van der Waals surface area contributed by atoms with Crippen LogP contribution in [0.2, 0.25) is 36.3 Å². The van der Waals surface area contributed by atoms with Crippen LogP contribution in [0.3, 0.4) is 0 Å². The first kappa shape index (κ1) is 34.2. The summed E-state index contributed by atoms with van der Waals surface area (Å²) in [6.07, 6.45) is 2.76. The van der Waals surface area contributed by atoms with E-state index in [0.717, 1.165) is 4.57 Å². The van der Waals surface area contributed by atoms with Gasteiger partial charge in [-0.1, -0.05) is 47.5 Å². The number of carbonyl (C=O) groups is 1. The van der Waals surface area contributed by atoms with Crippen molar-refractivity contribution in [2.75, 3.05) is 11.9 Å². The van der Waals surface area contributed by atoms with Crippen molar-refractivity contribution in [2.45, 2.75) is 128 Å². The summed E-state index contributed by atoms with van der Waals surface area (Å²) in [5.74, 6) is 2.20. The Bertz CT molecular complexity index is 1180. The summed E-state index contributed by atoms with van der Waals surface area (Å²) in [4.78, 5) is 29.1. The van der Waals surface area contributed by atoms with Crippen LogP contribution in [0.5, 0.6) is 0 Å². The zero-order valence-corrected chi connectivity index (χ0v) is 28.4. The zero-order chi connectivity index (χ0) is 31.1. The Labute approximate surface area is 240 Å². The van der Waals surface area contributed by atoms with E-state index in [9.17, 15) is 9.59 Å². The second-order valence-electron chi connectivity index (χ2n) is 14.4. The van der Waals surface area contributed by atoms with Gasteiger partial charge in [0.25, 0.3) is 0 Å². The second-order valence-corrected chi connectivity index (χ2v) is 24.0. The van der Waals surface area contributed by atoms with E-state index in [-0.39, 0.29) is 22.5 Å². The molecule has 1 aromatic heterocycles. The van der Waals surface area contributed by atoms with E-state index in [0.29, 0.717) is 0 Å². The average Bonchev–Trinajstić information content (AvgIpc) is 3.01. The minimum absolute atomic E-state index is 0.0504. The van der Waals surface area contributed by atoms with Gasteiger partial charge in [-0.2, -0.15) is 4.98 Å². The van der Waals surface area contributed by atoms with Crippen LogP contribution in [-0.4, -0.2) is 62.4 Å². The quantitative estimate of drug-likeness (QED) is 0.293. The molecule has 0 aromatic carbocycles. The van der Waals surface area contributed by atoms with Gasteiger partial charge in [0, 0.05) is 6.20 Å². The molecule has 1 aliphatic rings. The van der Waals surface area contributed by atoms with Crippen molar-refractivity contribution in [1.82, 2.24) is 9.55 Å². The van der Waals surface area contributed by atoms with Crippen LogP contribution in [0.4, 0.5) is 15.0 Å². The number of rotatable bonds is 7. The van der Waals surface area contributed by atoms with E-state index >= 15 is 4.39 Å². The number of carbonyl (C=O) groups excluding carboxylic acids is 1. The molecule has 0 unspecified atom stereocenters. The molecular weight excluding hydrogens is 549 g/mol. The molecule has 0 bridgehead atoms. The predicted octanol–water partition coefficient (Wildman–Crippen LogP) is 6.24. The number of alkyl halides is 1. The van der Waals surface area contributed by atoms with Gasteiger partial charge in [-0.15, -0.1) is 6.42 Å². The summed E-state index contributed by atoms with van der Waals surface area (Å²) >= 11 is 0. The molecular formula is C28H48FN3O6Si2. The summed E-state index contributed by atoms with van der Waals surface area (Å²) in [5, 5.41) is 2.09. The summed E-state index contributed by atoms with van der Waals surface area (Å²) < 4.78 is 42.3. The van der Waals surface area contributed by atoms with Crippen molar-refractivity contribution in [3.63, 3.8) is 0 Å². The van der Waals surface area contributed by atoms with Gasteiger partial charge in [-0.3, -0.25) is 9.88 Å². The lowest BCUT2D eigenvalue weighted by molar-refractivity contribution is -0.0518. The third-order valence-electron chi connectivity index (χ3n) is 7.99. The van der Waals surface area contributed by atoms with Crippen molar-refractivity contribution in [2.24, 2.45) is 0 Å². The Hall–Kier alpha value is -2.05. The minimum Gasteiger partial charge on any atom is -0.444 e. The molecule has 1 aliphatic heterocycles. The van der Waals surface area contributed by atoms with Gasteiger partial charge in [-0.25, -0.2) is 14.0 Å². The smallest absolute Gasteiger partial charge is 0.413 e. The zero-order valence-electron chi connectivity index (χ0n) is 26.4. The van der Waals surface area contributed by atoms with Gasteiger partial charge in [0.2, 0.25) is 5.67 Å². The SMILES string of the molecule is C#C[C@]1(F)[C@H](O[Si](C)(C)C(C)(C)C)[C@@H](CO[Si](C)(C)C(C)(C)C)O[C@H]1n1ccc(NC(=O)OC(C)(C)C)nc1=O. The van der Waals surface area contributed by atoms with Crippen LogP contribution < -0.4 is 11.0 Å². The van der Waals surface area contributed by atoms with Crippen LogP contribution in [0.1, 0.15) is 68.5 Å². The number of halogens is 1. The normalized spacial score (nSPS) is 24.5. The van der Waals surface area contributed by atoms with E-state index in [1.165, 1.54) is 12.3 Å². The number of anilines is 1. The van der Waals surface area contributed by atoms with Gasteiger partial charge >= 0.3 is 11.8 Å². The molecule has 0 aliphatic carbocycles. The minimum atomic E-state index is -2.54. The standard InChI is InChI=1S/C28H48FN3O6Si2/c1-15-28(29)21(38-40(13,14)27(8,9)10)19(18-35-39(11,12)26(5,6)7)36-22(28)32-17-16-20(30-23(32)33)31-24(34)37-25(2,3)4/h1,16-17,19,21-22H,18H2,2-14H3,(H,30,31,33,34)/t19-,21-,22-,28+/m1/s1. The lowest BCUT2D eigenvalue weighted by atomic mass is 9.97. The third-order valence-corrected chi connectivity index (χ3v) is 16.9. The fourth-order valence-corrected chi connectivity index (χ4v) is 5.85. The molecule has 2 rings (SSSR count). The lowest BCUT2D eigenvalue weighted by Crippen LogP contribution is -2.54. The van der Waals surface area contributed by atoms with Crippen LogP contribution >= 0.6 is 0 Å². The average molecular weight is 598 g/mol. The Morgan fingerprint density at radius 3 is 2.12 bits per heavy atom. The monoisotopic (exact) mass is 597 g/mol. The highest BCUT2D eigenvalue weighted by molar-refractivity contribution is 6.74. The maximum absolute atomic E-state index is 17.0. The van der Waals surface area contributed by atoms with Gasteiger partial charge in [0.1, 0.15) is 23.6 Å². The molecule has 40 heavy (non-hydrogen) atoms. The summed E-state index contributed by atoms with van der Waals surface area (Å²) in [5.41, 5.74) is -4.09. The van der Waals surface area contributed by atoms with Crippen molar-refractivity contribution < 1.29 is 27.5 Å². The van der Waals surface area contributed by atoms with E-state index in [4.69, 9.17) is 24.7 Å². The van der Waals surface area contributed by atoms with Crippen molar-refractivity contribution in [3.8, 4) is 12.3 Å². The predicted molar refractivity (Wildman–Crippen MR) is 160 cm³/mol. The third kappa shape index (κ3) is 7.61. The Morgan fingerprint density at radius 2 is 1.68 bits per heavy atom. The molecule has 226 valence electrons. The molecule has 4 atom stereocenters. The number of hydrogen-bond acceptors (Lipinski definition) is 7. The molecule has 9 nitrogen and oxygen atoms in total. The van der Waals surface area contributed by atoms with E-state index in [1.54, 1.807) is 20.8 Å². The van der Waals surface area contributed by atoms with E-state index < -0.39 is 58.1 Å². The number of amides is 1. The molecule has 1 saturated heterocycles. The molecule has 1 amide bonds. The van der Waals surface area contributed by atoms with Crippen LogP contribution in [0, 0.1) is 12.3 Å². The van der Waals surface area contributed by atoms with E-state index in [2.05, 4.69) is 50.1 Å². The fraction of sp³-hybridized carbons (Fsp3) is 0.750. The van der Waals surface area contributed by atoms with Crippen molar-refractivity contribution >= 4 is 28.5 Å². The number of ether oxygens (including phenoxy) is 2. The Morgan fingerprint density at radius 1 is 1.12 bits per heavy atom. The van der Waals surface area contributed by atoms with Crippen LogP contribution in [-0.2, 0) is 18.3 Å². The number of aromatic nitrogens is 2. The molecule has 12 heteroatoms. The number of hydrogen-bond donors (Lipinski definition) is 1. The van der Waals surface area contributed by atoms with Crippen molar-refractivity contribution in [1.29, 1.82) is 0 Å². The molecule has 1 N–H and O–H groups in total. The van der Waals surface area contributed by atoms with Crippen LogP contribution in [0.15, 0.2) is 17.1 Å². The maximum Gasteiger partial charge on any atom is 0.413 e. The highest BCUT2D eigenvalue weighted by Gasteiger charge is 2.61. The summed E-state index contributed by atoms with van der Waals surface area (Å²) in [6.45, 7) is 25.9. The summed E-state index contributed by atoms with van der Waals surface area (Å²) in [7, 11) is -4.78. The summed E-state index contributed by atoms with van der Waals surface area (Å²) in [6, 6.07) is 1.36. The maximum atomic E-state index is 17.0. The Kier molecular flexibility index (Phi) is 9.67. The molecule has 1 fully saturated rings.